The largest absolute Gasteiger partial charge is 0.289 e. The summed E-state index contributed by atoms with van der Waals surface area (Å²) in [7, 11) is -3.72. The summed E-state index contributed by atoms with van der Waals surface area (Å²) in [5, 5.41) is 10.2. The molecule has 1 heterocycles. The number of amides is 1. The quantitative estimate of drug-likeness (QED) is 0.588. The molecule has 114 valence electrons. The number of sulfonamides is 1. The van der Waals surface area contributed by atoms with Crippen molar-refractivity contribution >= 4 is 27.3 Å². The van der Waals surface area contributed by atoms with Gasteiger partial charge in [-0.05, 0) is 18.4 Å². The molecule has 1 amide bonds. The third kappa shape index (κ3) is 4.27. The van der Waals surface area contributed by atoms with Crippen LogP contribution < -0.4 is 5.48 Å². The molecule has 0 radical (unpaired) electrons. The van der Waals surface area contributed by atoms with Gasteiger partial charge in [0.05, 0.1) is 11.4 Å². The number of rotatable bonds is 7. The van der Waals surface area contributed by atoms with Gasteiger partial charge in [-0.2, -0.15) is 4.31 Å². The molecule has 0 aromatic carbocycles. The van der Waals surface area contributed by atoms with Crippen LogP contribution in [0.1, 0.15) is 25.6 Å². The van der Waals surface area contributed by atoms with E-state index < -0.39 is 22.5 Å². The van der Waals surface area contributed by atoms with Gasteiger partial charge in [-0.1, -0.05) is 20.8 Å². The number of hydroxylamine groups is 1. The number of aryl methyl sites for hydroxylation is 1. The maximum absolute atomic E-state index is 12.5. The number of nitrogens with zero attached hydrogens (tertiary/aromatic N) is 1. The fraction of sp³-hybridized carbons (Fsp3) is 0.583. The van der Waals surface area contributed by atoms with Crippen molar-refractivity contribution in [3.8, 4) is 0 Å². The lowest BCUT2D eigenvalue weighted by Crippen LogP contribution is -2.41. The van der Waals surface area contributed by atoms with Crippen LogP contribution in [0.15, 0.2) is 16.3 Å². The summed E-state index contributed by atoms with van der Waals surface area (Å²) in [5.41, 5.74) is 1.47. The highest BCUT2D eigenvalue weighted by molar-refractivity contribution is 7.89. The van der Waals surface area contributed by atoms with E-state index in [1.54, 1.807) is 11.4 Å². The van der Waals surface area contributed by atoms with Gasteiger partial charge in [0.25, 0.3) is 5.91 Å². The summed E-state index contributed by atoms with van der Waals surface area (Å²) < 4.78 is 26.1. The van der Waals surface area contributed by atoms with E-state index in [9.17, 15) is 13.2 Å². The minimum atomic E-state index is -3.72. The number of carbonyl (C=O) groups excluding carboxylic acids is 1. The first-order chi connectivity index (χ1) is 9.31. The van der Waals surface area contributed by atoms with Gasteiger partial charge < -0.3 is 0 Å². The SMILES string of the molecule is CCc1cc(S(=O)(=O)N(CC(=O)NO)CC(C)C)cs1. The molecule has 1 aromatic rings. The van der Waals surface area contributed by atoms with E-state index in [0.717, 1.165) is 15.6 Å². The normalized spacial score (nSPS) is 12.1. The summed E-state index contributed by atoms with van der Waals surface area (Å²) >= 11 is 1.38. The van der Waals surface area contributed by atoms with Crippen LogP contribution in [-0.4, -0.2) is 36.9 Å². The Hall–Kier alpha value is -0.960. The molecular formula is C12H20N2O4S2. The molecule has 8 heteroatoms. The topological polar surface area (TPSA) is 86.7 Å². The van der Waals surface area contributed by atoms with Crippen LogP contribution >= 0.6 is 11.3 Å². The van der Waals surface area contributed by atoms with Gasteiger partial charge in [-0.15, -0.1) is 11.3 Å². The molecule has 20 heavy (non-hydrogen) atoms. The number of nitrogens with one attached hydrogen (secondary N) is 1. The van der Waals surface area contributed by atoms with E-state index in [1.807, 2.05) is 20.8 Å². The van der Waals surface area contributed by atoms with Crippen molar-refractivity contribution in [1.82, 2.24) is 9.79 Å². The molecule has 0 atom stereocenters. The van der Waals surface area contributed by atoms with Crippen LogP contribution in [0.5, 0.6) is 0 Å². The Morgan fingerprint density at radius 1 is 1.50 bits per heavy atom. The van der Waals surface area contributed by atoms with Crippen molar-refractivity contribution in [3.05, 3.63) is 16.3 Å². The van der Waals surface area contributed by atoms with Crippen molar-refractivity contribution in [2.45, 2.75) is 32.1 Å². The molecule has 2 N–H and O–H groups in total. The highest BCUT2D eigenvalue weighted by Crippen LogP contribution is 2.23. The molecule has 1 aromatic heterocycles. The van der Waals surface area contributed by atoms with E-state index in [0.29, 0.717) is 0 Å². The zero-order valence-electron chi connectivity index (χ0n) is 11.8. The summed E-state index contributed by atoms with van der Waals surface area (Å²) in [6.45, 7) is 5.50. The number of thiophene rings is 1. The summed E-state index contributed by atoms with van der Waals surface area (Å²) in [4.78, 5) is 12.5. The van der Waals surface area contributed by atoms with Crippen LogP contribution in [0.25, 0.3) is 0 Å². The fourth-order valence-electron chi connectivity index (χ4n) is 1.68. The van der Waals surface area contributed by atoms with Crippen molar-refractivity contribution in [3.63, 3.8) is 0 Å². The molecule has 0 aliphatic heterocycles. The lowest BCUT2D eigenvalue weighted by atomic mass is 10.2. The maximum Gasteiger partial charge on any atom is 0.258 e. The number of hydrogen-bond acceptors (Lipinski definition) is 5. The molecule has 0 bridgehead atoms. The average molecular weight is 320 g/mol. The molecule has 0 unspecified atom stereocenters. The molecular weight excluding hydrogens is 300 g/mol. The molecule has 1 rings (SSSR count). The van der Waals surface area contributed by atoms with Gasteiger partial charge in [0.1, 0.15) is 0 Å². The van der Waals surface area contributed by atoms with Gasteiger partial charge in [0.15, 0.2) is 0 Å². The van der Waals surface area contributed by atoms with E-state index in [-0.39, 0.29) is 17.4 Å². The fourth-order valence-corrected chi connectivity index (χ4v) is 4.45. The third-order valence-corrected chi connectivity index (χ3v) is 5.65. The van der Waals surface area contributed by atoms with Crippen LogP contribution in [0, 0.1) is 5.92 Å². The summed E-state index contributed by atoms with van der Waals surface area (Å²) in [6.07, 6.45) is 0.765. The Morgan fingerprint density at radius 2 is 2.15 bits per heavy atom. The highest BCUT2D eigenvalue weighted by atomic mass is 32.2. The minimum Gasteiger partial charge on any atom is -0.289 e. The Balaban J connectivity index is 3.06. The lowest BCUT2D eigenvalue weighted by molar-refractivity contribution is -0.129. The first-order valence-corrected chi connectivity index (χ1v) is 8.63. The average Bonchev–Trinajstić information content (AvgIpc) is 2.86. The molecule has 0 saturated carbocycles. The Morgan fingerprint density at radius 3 is 2.60 bits per heavy atom. The van der Waals surface area contributed by atoms with Crippen molar-refractivity contribution in [2.24, 2.45) is 5.92 Å². The van der Waals surface area contributed by atoms with Gasteiger partial charge in [-0.3, -0.25) is 10.0 Å². The highest BCUT2D eigenvalue weighted by Gasteiger charge is 2.28. The zero-order chi connectivity index (χ0) is 15.3. The smallest absolute Gasteiger partial charge is 0.258 e. The van der Waals surface area contributed by atoms with Gasteiger partial charge in [0.2, 0.25) is 10.0 Å². The van der Waals surface area contributed by atoms with Crippen LogP contribution in [-0.2, 0) is 21.2 Å². The summed E-state index contributed by atoms with van der Waals surface area (Å²) in [5.74, 6) is -0.680. The van der Waals surface area contributed by atoms with E-state index in [2.05, 4.69) is 0 Å². The predicted molar refractivity (Wildman–Crippen MR) is 77.2 cm³/mol. The van der Waals surface area contributed by atoms with Crippen molar-refractivity contribution in [1.29, 1.82) is 0 Å². The molecule has 0 saturated heterocycles. The van der Waals surface area contributed by atoms with Gasteiger partial charge >= 0.3 is 0 Å². The van der Waals surface area contributed by atoms with E-state index in [4.69, 9.17) is 5.21 Å². The van der Waals surface area contributed by atoms with Crippen LogP contribution in [0.4, 0.5) is 0 Å². The second-order valence-corrected chi connectivity index (χ2v) is 7.76. The zero-order valence-corrected chi connectivity index (χ0v) is 13.4. The van der Waals surface area contributed by atoms with Crippen LogP contribution in [0.3, 0.4) is 0 Å². The lowest BCUT2D eigenvalue weighted by Gasteiger charge is -2.22. The first-order valence-electron chi connectivity index (χ1n) is 6.31. The molecule has 0 spiro atoms. The Labute approximate surface area is 123 Å². The first kappa shape index (κ1) is 17.1. The molecule has 0 aliphatic rings. The molecule has 0 fully saturated rings. The summed E-state index contributed by atoms with van der Waals surface area (Å²) in [6, 6.07) is 1.63. The predicted octanol–water partition coefficient (Wildman–Crippen LogP) is 1.46. The van der Waals surface area contributed by atoms with Crippen molar-refractivity contribution < 1.29 is 18.4 Å². The van der Waals surface area contributed by atoms with Crippen molar-refractivity contribution in [2.75, 3.05) is 13.1 Å². The Bertz CT molecular complexity index is 552. The second kappa shape index (κ2) is 7.16. The third-order valence-electron chi connectivity index (χ3n) is 2.63. The molecule has 0 aliphatic carbocycles. The number of hydrogen-bond donors (Lipinski definition) is 2. The van der Waals surface area contributed by atoms with Gasteiger partial charge in [0, 0.05) is 16.8 Å². The van der Waals surface area contributed by atoms with Crippen LogP contribution in [0.2, 0.25) is 0 Å². The van der Waals surface area contributed by atoms with E-state index in [1.165, 1.54) is 16.8 Å². The number of carbonyl (C=O) groups is 1. The Kier molecular flexibility index (Phi) is 6.12. The standard InChI is InChI=1S/C12H20N2O4S2/c1-4-10-5-11(8-19-10)20(17,18)14(6-9(2)3)7-12(15)13-16/h5,8-9,16H,4,6-7H2,1-3H3,(H,13,15). The maximum atomic E-state index is 12.5. The minimum absolute atomic E-state index is 0.0700. The monoisotopic (exact) mass is 320 g/mol. The molecule has 6 nitrogen and oxygen atoms in total. The van der Waals surface area contributed by atoms with Gasteiger partial charge in [-0.25, -0.2) is 13.9 Å². The van der Waals surface area contributed by atoms with E-state index >= 15 is 0 Å². The second-order valence-electron chi connectivity index (χ2n) is 4.83.